The predicted molar refractivity (Wildman–Crippen MR) is 66.2 cm³/mol. The highest BCUT2D eigenvalue weighted by molar-refractivity contribution is 6.30. The Morgan fingerprint density at radius 2 is 2.06 bits per heavy atom. The first kappa shape index (κ1) is 12.6. The van der Waals surface area contributed by atoms with Gasteiger partial charge in [0.25, 0.3) is 0 Å². The third-order valence-corrected chi connectivity index (χ3v) is 2.28. The Balaban J connectivity index is 2.33. The van der Waals surface area contributed by atoms with Gasteiger partial charge in [-0.25, -0.2) is 0 Å². The second kappa shape index (κ2) is 6.92. The molecule has 0 radical (unpaired) electrons. The molecule has 16 heavy (non-hydrogen) atoms. The summed E-state index contributed by atoms with van der Waals surface area (Å²) in [5, 5.41) is 3.49. The van der Waals surface area contributed by atoms with E-state index in [0.29, 0.717) is 24.4 Å². The predicted octanol–water partition coefficient (Wildman–Crippen LogP) is 2.41. The van der Waals surface area contributed by atoms with E-state index in [-0.39, 0.29) is 5.91 Å². The maximum atomic E-state index is 11.5. The minimum atomic E-state index is 0.0141. The minimum Gasteiger partial charge on any atom is -0.355 e. The van der Waals surface area contributed by atoms with Gasteiger partial charge in [0.05, 0.1) is 6.42 Å². The Hall–Kier alpha value is -1.46. The molecule has 1 aromatic carbocycles. The maximum Gasteiger partial charge on any atom is 0.224 e. The summed E-state index contributed by atoms with van der Waals surface area (Å²) >= 11 is 5.75. The van der Waals surface area contributed by atoms with Crippen molar-refractivity contribution in [3.63, 3.8) is 0 Å². The average molecular weight is 236 g/mol. The van der Waals surface area contributed by atoms with Crippen LogP contribution in [-0.2, 0) is 11.2 Å². The monoisotopic (exact) mass is 235 g/mol. The molecule has 0 spiro atoms. The number of halogens is 1. The van der Waals surface area contributed by atoms with Gasteiger partial charge in [0.1, 0.15) is 0 Å². The highest BCUT2D eigenvalue weighted by atomic mass is 35.5. The fourth-order valence-electron chi connectivity index (χ4n) is 1.24. The van der Waals surface area contributed by atoms with Crippen molar-refractivity contribution in [3.8, 4) is 11.8 Å². The molecule has 0 aliphatic carbocycles. The number of hydrogen-bond acceptors (Lipinski definition) is 1. The van der Waals surface area contributed by atoms with Crippen LogP contribution >= 0.6 is 11.6 Å². The summed E-state index contributed by atoms with van der Waals surface area (Å²) in [5.74, 6) is 5.69. The van der Waals surface area contributed by atoms with Crippen LogP contribution in [0.1, 0.15) is 18.9 Å². The van der Waals surface area contributed by atoms with Gasteiger partial charge in [-0.2, -0.15) is 0 Å². The SMILES string of the molecule is CC#CCCNC(=O)Cc1ccc(Cl)cc1. The van der Waals surface area contributed by atoms with Crippen molar-refractivity contribution in [1.82, 2.24) is 5.32 Å². The van der Waals surface area contributed by atoms with Crippen LogP contribution in [-0.4, -0.2) is 12.5 Å². The summed E-state index contributed by atoms with van der Waals surface area (Å²) in [7, 11) is 0. The topological polar surface area (TPSA) is 29.1 Å². The smallest absolute Gasteiger partial charge is 0.224 e. The van der Waals surface area contributed by atoms with Crippen LogP contribution in [0, 0.1) is 11.8 Å². The molecule has 3 heteroatoms. The van der Waals surface area contributed by atoms with E-state index in [0.717, 1.165) is 5.56 Å². The van der Waals surface area contributed by atoms with Crippen LogP contribution in [0.4, 0.5) is 0 Å². The molecule has 84 valence electrons. The van der Waals surface area contributed by atoms with Crippen LogP contribution in [0.2, 0.25) is 5.02 Å². The molecule has 0 saturated carbocycles. The average Bonchev–Trinajstić information content (AvgIpc) is 2.28. The van der Waals surface area contributed by atoms with Gasteiger partial charge in [-0.3, -0.25) is 4.79 Å². The second-order valence-corrected chi connectivity index (χ2v) is 3.77. The lowest BCUT2D eigenvalue weighted by molar-refractivity contribution is -0.120. The fraction of sp³-hybridized carbons (Fsp3) is 0.308. The molecule has 0 atom stereocenters. The van der Waals surface area contributed by atoms with Gasteiger partial charge in [0, 0.05) is 18.0 Å². The third-order valence-electron chi connectivity index (χ3n) is 2.03. The summed E-state index contributed by atoms with van der Waals surface area (Å²) in [6.07, 6.45) is 1.08. The molecule has 0 heterocycles. The molecule has 0 bridgehead atoms. The minimum absolute atomic E-state index is 0.0141. The number of carbonyl (C=O) groups is 1. The fourth-order valence-corrected chi connectivity index (χ4v) is 1.37. The van der Waals surface area contributed by atoms with Crippen LogP contribution in [0.25, 0.3) is 0 Å². The van der Waals surface area contributed by atoms with Crippen LogP contribution in [0.3, 0.4) is 0 Å². The van der Waals surface area contributed by atoms with Crippen molar-refractivity contribution in [2.75, 3.05) is 6.54 Å². The van der Waals surface area contributed by atoms with E-state index in [1.54, 1.807) is 19.1 Å². The lowest BCUT2D eigenvalue weighted by atomic mass is 10.1. The molecule has 0 fully saturated rings. The zero-order valence-electron chi connectivity index (χ0n) is 9.22. The standard InChI is InChI=1S/C13H14ClNO/c1-2-3-4-9-15-13(16)10-11-5-7-12(14)8-6-11/h5-8H,4,9-10H2,1H3,(H,15,16). The first-order valence-electron chi connectivity index (χ1n) is 5.13. The van der Waals surface area contributed by atoms with Gasteiger partial charge >= 0.3 is 0 Å². The Labute approximate surface area is 101 Å². The van der Waals surface area contributed by atoms with Crippen LogP contribution < -0.4 is 5.32 Å². The Morgan fingerprint density at radius 3 is 2.69 bits per heavy atom. The van der Waals surface area contributed by atoms with E-state index in [4.69, 9.17) is 11.6 Å². The Morgan fingerprint density at radius 1 is 1.38 bits per heavy atom. The Kier molecular flexibility index (Phi) is 5.45. The molecule has 0 saturated heterocycles. The third kappa shape index (κ3) is 4.86. The number of hydrogen-bond donors (Lipinski definition) is 1. The molecular weight excluding hydrogens is 222 g/mol. The maximum absolute atomic E-state index is 11.5. The van der Waals surface area contributed by atoms with E-state index < -0.39 is 0 Å². The highest BCUT2D eigenvalue weighted by Gasteiger charge is 2.01. The van der Waals surface area contributed by atoms with Gasteiger partial charge in [0.15, 0.2) is 0 Å². The highest BCUT2D eigenvalue weighted by Crippen LogP contribution is 2.09. The summed E-state index contributed by atoms with van der Waals surface area (Å²) in [4.78, 5) is 11.5. The number of carbonyl (C=O) groups excluding carboxylic acids is 1. The molecular formula is C13H14ClNO. The molecule has 1 amide bonds. The molecule has 1 aromatic rings. The number of nitrogens with one attached hydrogen (secondary N) is 1. The summed E-state index contributed by atoms with van der Waals surface area (Å²) in [5.41, 5.74) is 0.962. The van der Waals surface area contributed by atoms with Gasteiger partial charge in [-0.1, -0.05) is 23.7 Å². The molecule has 1 rings (SSSR count). The van der Waals surface area contributed by atoms with Crippen molar-refractivity contribution in [2.24, 2.45) is 0 Å². The normalized spacial score (nSPS) is 9.12. The van der Waals surface area contributed by atoms with E-state index in [1.807, 2.05) is 12.1 Å². The molecule has 0 unspecified atom stereocenters. The quantitative estimate of drug-likeness (QED) is 0.630. The van der Waals surface area contributed by atoms with Crippen molar-refractivity contribution < 1.29 is 4.79 Å². The first-order valence-corrected chi connectivity index (χ1v) is 5.51. The molecule has 0 aromatic heterocycles. The van der Waals surface area contributed by atoms with Crippen LogP contribution in [0.15, 0.2) is 24.3 Å². The van der Waals surface area contributed by atoms with Gasteiger partial charge < -0.3 is 5.32 Å². The van der Waals surface area contributed by atoms with E-state index in [2.05, 4.69) is 17.2 Å². The van der Waals surface area contributed by atoms with Crippen molar-refractivity contribution >= 4 is 17.5 Å². The van der Waals surface area contributed by atoms with E-state index >= 15 is 0 Å². The second-order valence-electron chi connectivity index (χ2n) is 3.33. The lowest BCUT2D eigenvalue weighted by Gasteiger charge is -2.03. The molecule has 1 N–H and O–H groups in total. The first-order chi connectivity index (χ1) is 7.72. The molecule has 2 nitrogen and oxygen atoms in total. The van der Waals surface area contributed by atoms with Crippen LogP contribution in [0.5, 0.6) is 0 Å². The van der Waals surface area contributed by atoms with E-state index in [9.17, 15) is 4.79 Å². The largest absolute Gasteiger partial charge is 0.355 e. The van der Waals surface area contributed by atoms with Crippen molar-refractivity contribution in [1.29, 1.82) is 0 Å². The van der Waals surface area contributed by atoms with Crippen molar-refractivity contribution in [3.05, 3.63) is 34.9 Å². The van der Waals surface area contributed by atoms with Gasteiger partial charge in [-0.05, 0) is 24.6 Å². The Bertz CT molecular complexity index is 400. The summed E-state index contributed by atoms with van der Waals surface area (Å²) in [6, 6.07) is 7.28. The zero-order valence-corrected chi connectivity index (χ0v) is 9.97. The molecule has 0 aliphatic heterocycles. The molecule has 0 aliphatic rings. The summed E-state index contributed by atoms with van der Waals surface area (Å²) < 4.78 is 0. The van der Waals surface area contributed by atoms with Gasteiger partial charge in [-0.15, -0.1) is 11.8 Å². The van der Waals surface area contributed by atoms with Crippen molar-refractivity contribution in [2.45, 2.75) is 19.8 Å². The summed E-state index contributed by atoms with van der Waals surface area (Å²) in [6.45, 7) is 2.39. The number of rotatable bonds is 4. The van der Waals surface area contributed by atoms with E-state index in [1.165, 1.54) is 0 Å². The number of amides is 1. The lowest BCUT2D eigenvalue weighted by Crippen LogP contribution is -2.25. The number of benzene rings is 1. The van der Waals surface area contributed by atoms with Gasteiger partial charge in [0.2, 0.25) is 5.91 Å². The zero-order chi connectivity index (χ0) is 11.8.